The van der Waals surface area contributed by atoms with Crippen LogP contribution in [0.5, 0.6) is 0 Å². The zero-order valence-corrected chi connectivity index (χ0v) is 67.6. The number of hydrogen-bond donors (Lipinski definition) is 3. The number of hydrogen-bond acceptors (Lipinski definition) is 14. The van der Waals surface area contributed by atoms with Gasteiger partial charge in [-0.1, -0.05) is 71.3 Å². The van der Waals surface area contributed by atoms with E-state index in [0.717, 1.165) is 64.2 Å². The summed E-state index contributed by atoms with van der Waals surface area (Å²) in [5.41, 5.74) is -2.02. The summed E-state index contributed by atoms with van der Waals surface area (Å²) >= 11 is 13.4. The molecule has 5 saturated carbocycles. The average molecular weight is 1530 g/mol. The lowest BCUT2D eigenvalue weighted by Crippen LogP contribution is -2.71. The highest BCUT2D eigenvalue weighted by Crippen LogP contribution is 2.50. The van der Waals surface area contributed by atoms with Gasteiger partial charge in [-0.25, -0.2) is 0 Å². The van der Waals surface area contributed by atoms with Crippen molar-refractivity contribution < 1.29 is 62.3 Å². The van der Waals surface area contributed by atoms with Gasteiger partial charge in [-0.05, 0) is 190 Å². The first-order valence-corrected chi connectivity index (χ1v) is 41.2. The standard InChI is InChI=1S/C80H126Cl2N12O13/c1-13-50(3)69-76(104)88(8)47-68(98)90(10)61-30-19-16-22-39-93(75(61)103)62-41-53-33-31-51(32-34-53)24-17-15-18-29-60(71(99)84-69)89(9)67(97)43-64(74(102)87(7)14-2)91(11)77(105)70(54-25-20-21-26-54)92(12)78(106)80(48-79(4,5)49-80)85-72(100)63-42-56(107-55-27-23-28-55)44-94(63)73(101)59(83-66(96)46-86(6)45-65(62)95)38-36-52-35-37-57(81)58(82)40-52/h16-17,19,24,50-64,69-70H,13-15,18,20-23,25-49H2,1-12H3,(H,83,96)(H,84,99)(H,85,100)/b19-16-,24-17+/t50-,51?,52?,53?,56+,57?,58?,59-,60-,61-,62-,63-,64-,69-,70-/m0/s1. The second kappa shape index (κ2) is 37.7. The van der Waals surface area contributed by atoms with Gasteiger partial charge >= 0.3 is 0 Å². The van der Waals surface area contributed by atoms with Crippen LogP contribution in [0.15, 0.2) is 24.3 Å². The van der Waals surface area contributed by atoms with Gasteiger partial charge in [0.2, 0.25) is 65.0 Å². The van der Waals surface area contributed by atoms with E-state index in [9.17, 15) is 19.2 Å². The number of nitrogens with one attached hydrogen (secondary N) is 3. The van der Waals surface area contributed by atoms with Gasteiger partial charge in [0, 0.05) is 73.7 Å². The van der Waals surface area contributed by atoms with E-state index < -0.39 is 149 Å². The largest absolute Gasteiger partial charge is 0.373 e. The van der Waals surface area contributed by atoms with Crippen LogP contribution in [0.3, 0.4) is 0 Å². The van der Waals surface area contributed by atoms with Crippen molar-refractivity contribution in [3.05, 3.63) is 24.3 Å². The first-order valence-electron chi connectivity index (χ1n) is 40.3. The summed E-state index contributed by atoms with van der Waals surface area (Å²) in [7, 11) is 10.7. The predicted octanol–water partition coefficient (Wildman–Crippen LogP) is 6.83. The van der Waals surface area contributed by atoms with Gasteiger partial charge in [0.25, 0.3) is 0 Å². The molecule has 27 heteroatoms. The average Bonchev–Trinajstić information content (AvgIpc) is 0.991. The topological polar surface area (TPSA) is 279 Å². The number of nitrogens with zero attached hydrogens (tertiary/aromatic N) is 9. The van der Waals surface area contributed by atoms with Crippen molar-refractivity contribution >= 4 is 94.0 Å². The number of alkyl halides is 2. The zero-order valence-electron chi connectivity index (χ0n) is 66.0. The number of carbonyl (C=O) groups is 12. The molecule has 5 aliphatic carbocycles. The Bertz CT molecular complexity index is 3260. The van der Waals surface area contributed by atoms with E-state index in [1.807, 2.05) is 39.8 Å². The summed E-state index contributed by atoms with van der Waals surface area (Å²) in [4.78, 5) is 197. The van der Waals surface area contributed by atoms with Gasteiger partial charge in [-0.15, -0.1) is 23.2 Å². The lowest BCUT2D eigenvalue weighted by molar-refractivity contribution is -0.161. The molecule has 13 atom stereocenters. The monoisotopic (exact) mass is 1530 g/mol. The van der Waals surface area contributed by atoms with Gasteiger partial charge < -0.3 is 59.9 Å². The highest BCUT2D eigenvalue weighted by molar-refractivity contribution is 6.30. The summed E-state index contributed by atoms with van der Waals surface area (Å²) in [6, 6.07) is -9.29. The molecule has 6 bridgehead atoms. The molecular formula is C80H126Cl2N12O13. The number of allylic oxidation sites excluding steroid dienone is 2. The third-order valence-electron chi connectivity index (χ3n) is 25.5. The van der Waals surface area contributed by atoms with E-state index in [-0.39, 0.29) is 118 Å². The Morgan fingerprint density at radius 2 is 1.32 bits per heavy atom. The Balaban J connectivity index is 1.14. The quantitative estimate of drug-likeness (QED) is 0.115. The second-order valence-corrected chi connectivity index (χ2v) is 35.3. The van der Waals surface area contributed by atoms with Crippen LogP contribution in [0, 0.1) is 35.0 Å². The van der Waals surface area contributed by atoms with Crippen molar-refractivity contribution in [2.45, 2.75) is 285 Å². The van der Waals surface area contributed by atoms with E-state index in [4.69, 9.17) is 27.9 Å². The number of likely N-dealkylation sites (N-methyl/N-ethyl adjacent to an activating group) is 7. The van der Waals surface area contributed by atoms with Crippen LogP contribution < -0.4 is 16.0 Å². The van der Waals surface area contributed by atoms with Gasteiger partial charge in [0.15, 0.2) is 5.78 Å². The normalized spacial score (nSPS) is 33.7. The molecule has 0 radical (unpaired) electrons. The smallest absolute Gasteiger partial charge is 0.248 e. The fourth-order valence-corrected chi connectivity index (χ4v) is 19.1. The van der Waals surface area contributed by atoms with E-state index in [1.54, 1.807) is 37.9 Å². The SMILES string of the molecule is CC[C@H](C)[C@@H]1NC(=O)[C@@H]2CCC/C=C/C3CCC(CC3)C[C@@H](C(=O)CN(C)CC(=O)N[C@@H](CCC3CCC(Cl)C(Cl)C3)C(=O)N3C[C@H](OC4CCC4)C[C@H]3C(=O)NC3(CC(C)(C)C3)C(=O)N(C)[C@@H](C3CCCC3)C(=O)N(C)[C@H](C(=O)N(C)CC)CC(=O)N2C)N2CC/C=C\C[C@@H](C2=O)N(C)C(=O)CN(C)C1=O. The predicted molar refractivity (Wildman–Crippen MR) is 409 cm³/mol. The highest BCUT2D eigenvalue weighted by Gasteiger charge is 2.59. The van der Waals surface area contributed by atoms with Crippen LogP contribution in [-0.4, -0.2) is 280 Å². The van der Waals surface area contributed by atoms with Crippen molar-refractivity contribution in [2.75, 3.05) is 88.6 Å². The minimum absolute atomic E-state index is 0.0241. The second-order valence-electron chi connectivity index (χ2n) is 34.1. The molecule has 0 aromatic carbocycles. The molecule has 598 valence electrons. The van der Waals surface area contributed by atoms with Crippen LogP contribution in [-0.2, 0) is 62.3 Å². The minimum Gasteiger partial charge on any atom is -0.373 e. The minimum atomic E-state index is -1.56. The van der Waals surface area contributed by atoms with Gasteiger partial charge in [-0.2, -0.15) is 0 Å². The Kier molecular flexibility index (Phi) is 29.9. The van der Waals surface area contributed by atoms with E-state index >= 15 is 38.4 Å². The first-order chi connectivity index (χ1) is 50.7. The van der Waals surface area contributed by atoms with Crippen molar-refractivity contribution in [1.29, 1.82) is 0 Å². The molecular weight excluding hydrogens is 1410 g/mol. The van der Waals surface area contributed by atoms with Gasteiger partial charge in [-0.3, -0.25) is 62.4 Å². The summed E-state index contributed by atoms with van der Waals surface area (Å²) in [6.45, 7) is 8.82. The Morgan fingerprint density at radius 3 is 1.96 bits per heavy atom. The number of carbonyl (C=O) groups excluding carboxylic acids is 12. The molecule has 0 aromatic heterocycles. The number of halogens is 2. The number of ketones is 1. The van der Waals surface area contributed by atoms with E-state index in [0.29, 0.717) is 64.2 Å². The Hall–Kier alpha value is -6.18. The summed E-state index contributed by atoms with van der Waals surface area (Å²) in [5.74, 6) is -7.02. The van der Waals surface area contributed by atoms with Gasteiger partial charge in [0.1, 0.15) is 47.8 Å². The highest BCUT2D eigenvalue weighted by atomic mass is 35.5. The number of Topliss-reactive ketones (excluding diaryl/α,β-unsaturated/α-hetero) is 1. The first kappa shape index (κ1) is 84.8. The number of ether oxygens (including phenoxy) is 1. The molecule has 1 spiro atoms. The lowest BCUT2D eigenvalue weighted by atomic mass is 9.58. The third-order valence-corrected chi connectivity index (χ3v) is 26.7. The van der Waals surface area contributed by atoms with Crippen molar-refractivity contribution in [3.8, 4) is 0 Å². The molecule has 11 rings (SSSR count). The molecule has 3 unspecified atom stereocenters. The molecule has 0 aromatic rings. The summed E-state index contributed by atoms with van der Waals surface area (Å²) < 4.78 is 6.63. The van der Waals surface area contributed by atoms with Crippen LogP contribution in [0.2, 0.25) is 0 Å². The molecule has 11 aliphatic rings. The van der Waals surface area contributed by atoms with Crippen molar-refractivity contribution in [2.24, 2.45) is 35.0 Å². The molecule has 107 heavy (non-hydrogen) atoms. The lowest BCUT2D eigenvalue weighted by Gasteiger charge is -2.54. The number of fused-ring (bicyclic) bond motifs is 23. The Morgan fingerprint density at radius 1 is 0.626 bits per heavy atom. The summed E-state index contributed by atoms with van der Waals surface area (Å²) in [6.07, 6.45) is 20.9. The Labute approximate surface area is 645 Å². The zero-order chi connectivity index (χ0) is 77.9. The number of amides is 11. The van der Waals surface area contributed by atoms with Crippen LogP contribution >= 0.6 is 23.2 Å². The van der Waals surface area contributed by atoms with Crippen LogP contribution in [0.1, 0.15) is 208 Å². The molecule has 1 saturated heterocycles. The summed E-state index contributed by atoms with van der Waals surface area (Å²) in [5, 5.41) is 8.77. The maximum absolute atomic E-state index is 16.0. The van der Waals surface area contributed by atoms with Gasteiger partial charge in [0.05, 0.1) is 49.7 Å². The molecule has 6 heterocycles. The van der Waals surface area contributed by atoms with E-state index in [2.05, 4.69) is 28.1 Å². The maximum atomic E-state index is 16.0. The van der Waals surface area contributed by atoms with Crippen molar-refractivity contribution in [3.63, 3.8) is 0 Å². The van der Waals surface area contributed by atoms with Crippen LogP contribution in [0.4, 0.5) is 0 Å². The fraction of sp³-hybridized carbons (Fsp3) is 0.800. The van der Waals surface area contributed by atoms with Crippen molar-refractivity contribution in [1.82, 2.24) is 60.0 Å². The van der Waals surface area contributed by atoms with Crippen LogP contribution in [0.25, 0.3) is 0 Å². The molecule has 6 fully saturated rings. The molecule has 6 aliphatic heterocycles. The maximum Gasteiger partial charge on any atom is 0.248 e. The molecule has 11 amide bonds. The van der Waals surface area contributed by atoms with E-state index in [1.165, 1.54) is 62.5 Å². The molecule has 3 N–H and O–H groups in total. The number of rotatable bonds is 10. The third kappa shape index (κ3) is 20.9. The molecule has 25 nitrogen and oxygen atoms in total. The fourth-order valence-electron chi connectivity index (χ4n) is 18.5.